The summed E-state index contributed by atoms with van der Waals surface area (Å²) in [5.74, 6) is 1.32. The lowest BCUT2D eigenvalue weighted by atomic mass is 10.1. The first-order chi connectivity index (χ1) is 15.8. The van der Waals surface area contributed by atoms with E-state index in [0.717, 1.165) is 17.7 Å². The van der Waals surface area contributed by atoms with Crippen molar-refractivity contribution in [2.24, 2.45) is 0 Å². The van der Waals surface area contributed by atoms with Gasteiger partial charge in [-0.3, -0.25) is 4.79 Å². The van der Waals surface area contributed by atoms with Crippen LogP contribution in [-0.4, -0.2) is 51.8 Å². The first-order valence-electron chi connectivity index (χ1n) is 11.3. The van der Waals surface area contributed by atoms with Crippen molar-refractivity contribution in [3.8, 4) is 11.5 Å². The van der Waals surface area contributed by atoms with Gasteiger partial charge < -0.3 is 18.8 Å². The summed E-state index contributed by atoms with van der Waals surface area (Å²) in [5.41, 5.74) is 5.11. The molecule has 0 aliphatic carbocycles. The molecule has 4 rings (SSSR count). The monoisotopic (exact) mass is 465 g/mol. The smallest absolute Gasteiger partial charge is 0.272 e. The standard InChI is InChI=1S/C26H31N3O3S/c1-18-8-10-22(11-9-18)26-27-24(21(4)32-26)16-33(31)17-25(30)28-12-13-29(20(3)15-28)23-7-5-6-19(2)14-23/h5-11,14,20H,12-13,15-17H2,1-4H3. The average Bonchev–Trinajstić information content (AvgIpc) is 3.14. The molecule has 1 fully saturated rings. The Balaban J connectivity index is 1.33. The van der Waals surface area contributed by atoms with Crippen molar-refractivity contribution in [3.05, 3.63) is 71.1 Å². The van der Waals surface area contributed by atoms with Gasteiger partial charge in [0.1, 0.15) is 11.5 Å². The predicted octanol–water partition coefficient (Wildman–Crippen LogP) is 4.25. The molecule has 0 radical (unpaired) electrons. The number of hydrogen-bond acceptors (Lipinski definition) is 5. The fourth-order valence-corrected chi connectivity index (χ4v) is 5.32. The van der Waals surface area contributed by atoms with Crippen LogP contribution in [0.1, 0.15) is 29.5 Å². The number of carbonyl (C=O) groups is 1. The highest BCUT2D eigenvalue weighted by Gasteiger charge is 2.29. The van der Waals surface area contributed by atoms with E-state index in [9.17, 15) is 9.35 Å². The summed E-state index contributed by atoms with van der Waals surface area (Å²) in [6.07, 6.45) is 0. The highest BCUT2D eigenvalue weighted by atomic mass is 32.2. The molecular formula is C26H31N3O3S. The maximum absolute atomic E-state index is 12.9. The summed E-state index contributed by atoms with van der Waals surface area (Å²) < 4.78 is 18.6. The topological polar surface area (TPSA) is 72.6 Å². The number of amides is 1. The lowest BCUT2D eigenvalue weighted by molar-refractivity contribution is -0.129. The summed E-state index contributed by atoms with van der Waals surface area (Å²) in [6.45, 7) is 10.1. The molecule has 1 amide bonds. The number of rotatable bonds is 6. The highest BCUT2D eigenvalue weighted by Crippen LogP contribution is 2.24. The van der Waals surface area contributed by atoms with E-state index in [1.165, 1.54) is 11.3 Å². The summed E-state index contributed by atoms with van der Waals surface area (Å²) in [4.78, 5) is 21.6. The summed E-state index contributed by atoms with van der Waals surface area (Å²) >= 11 is -1.35. The van der Waals surface area contributed by atoms with Gasteiger partial charge >= 0.3 is 0 Å². The Labute approximate surface area is 198 Å². The van der Waals surface area contributed by atoms with Crippen LogP contribution in [0, 0.1) is 20.8 Å². The number of anilines is 1. The summed E-state index contributed by atoms with van der Waals surface area (Å²) in [5, 5.41) is 0. The molecule has 0 bridgehead atoms. The Bertz CT molecular complexity index is 1110. The minimum Gasteiger partial charge on any atom is -0.616 e. The van der Waals surface area contributed by atoms with Crippen molar-refractivity contribution in [1.29, 1.82) is 0 Å². The molecule has 1 aliphatic heterocycles. The van der Waals surface area contributed by atoms with Crippen molar-refractivity contribution in [3.63, 3.8) is 0 Å². The minimum absolute atomic E-state index is 0.00330. The van der Waals surface area contributed by atoms with Crippen LogP contribution in [0.25, 0.3) is 11.5 Å². The van der Waals surface area contributed by atoms with Crippen molar-refractivity contribution in [2.75, 3.05) is 30.3 Å². The number of aryl methyl sites for hydroxylation is 3. The number of oxazole rings is 1. The van der Waals surface area contributed by atoms with Gasteiger partial charge in [-0.1, -0.05) is 29.8 Å². The fraction of sp³-hybridized carbons (Fsp3) is 0.385. The Morgan fingerprint density at radius 3 is 2.58 bits per heavy atom. The second kappa shape index (κ2) is 10.0. The molecule has 174 valence electrons. The van der Waals surface area contributed by atoms with Gasteiger partial charge in [-0.25, -0.2) is 4.98 Å². The van der Waals surface area contributed by atoms with E-state index in [1.54, 1.807) is 0 Å². The molecule has 0 saturated carbocycles. The third kappa shape index (κ3) is 5.60. The largest absolute Gasteiger partial charge is 0.616 e. The second-order valence-corrected chi connectivity index (χ2v) is 10.3. The van der Waals surface area contributed by atoms with Gasteiger partial charge in [0.05, 0.1) is 0 Å². The van der Waals surface area contributed by atoms with Crippen LogP contribution in [0.2, 0.25) is 0 Å². The molecule has 1 saturated heterocycles. The normalized spacial score (nSPS) is 17.3. The van der Waals surface area contributed by atoms with Crippen molar-refractivity contribution in [1.82, 2.24) is 9.88 Å². The second-order valence-electron chi connectivity index (χ2n) is 8.84. The number of carbonyl (C=O) groups excluding carboxylic acids is 1. The molecule has 3 aromatic rings. The molecular weight excluding hydrogens is 434 g/mol. The Kier molecular flexibility index (Phi) is 7.10. The lowest BCUT2D eigenvalue weighted by Gasteiger charge is -2.41. The van der Waals surface area contributed by atoms with E-state index in [1.807, 2.05) is 43.0 Å². The Morgan fingerprint density at radius 1 is 1.12 bits per heavy atom. The van der Waals surface area contributed by atoms with E-state index in [4.69, 9.17) is 4.42 Å². The minimum atomic E-state index is -1.35. The molecule has 2 heterocycles. The SMILES string of the molecule is Cc1ccc(-c2nc(C[S+]([O-])CC(=O)N3CCN(c4cccc(C)c4)C(C)C3)c(C)o2)cc1. The van der Waals surface area contributed by atoms with Crippen LogP contribution in [0.3, 0.4) is 0 Å². The molecule has 2 unspecified atom stereocenters. The summed E-state index contributed by atoms with van der Waals surface area (Å²) in [6, 6.07) is 16.6. The van der Waals surface area contributed by atoms with E-state index in [-0.39, 0.29) is 23.5 Å². The van der Waals surface area contributed by atoms with E-state index >= 15 is 0 Å². The van der Waals surface area contributed by atoms with Gasteiger partial charge in [-0.15, -0.1) is 0 Å². The molecule has 7 heteroatoms. The van der Waals surface area contributed by atoms with Crippen LogP contribution < -0.4 is 4.90 Å². The van der Waals surface area contributed by atoms with Gasteiger partial charge in [-0.2, -0.15) is 0 Å². The van der Waals surface area contributed by atoms with Gasteiger partial charge in [0.2, 0.25) is 5.89 Å². The van der Waals surface area contributed by atoms with Crippen LogP contribution in [0.5, 0.6) is 0 Å². The Morgan fingerprint density at radius 2 is 1.88 bits per heavy atom. The molecule has 1 aromatic heterocycles. The predicted molar refractivity (Wildman–Crippen MR) is 133 cm³/mol. The molecule has 6 nitrogen and oxygen atoms in total. The maximum Gasteiger partial charge on any atom is 0.272 e. The van der Waals surface area contributed by atoms with Crippen molar-refractivity contribution < 1.29 is 13.8 Å². The van der Waals surface area contributed by atoms with Crippen LogP contribution in [-0.2, 0) is 21.7 Å². The molecule has 1 aliphatic rings. The average molecular weight is 466 g/mol. The number of nitrogens with zero attached hydrogens (tertiary/aromatic N) is 3. The van der Waals surface area contributed by atoms with E-state index in [2.05, 4.69) is 48.0 Å². The van der Waals surface area contributed by atoms with Crippen molar-refractivity contribution in [2.45, 2.75) is 39.5 Å². The Hall–Kier alpha value is -2.77. The van der Waals surface area contributed by atoms with E-state index < -0.39 is 11.2 Å². The van der Waals surface area contributed by atoms with Gasteiger partial charge in [0, 0.05) is 36.9 Å². The van der Waals surface area contributed by atoms with Gasteiger partial charge in [0.25, 0.3) is 5.91 Å². The fourth-order valence-electron chi connectivity index (χ4n) is 4.19. The highest BCUT2D eigenvalue weighted by molar-refractivity contribution is 7.91. The molecule has 33 heavy (non-hydrogen) atoms. The number of benzene rings is 2. The van der Waals surface area contributed by atoms with Crippen LogP contribution in [0.15, 0.2) is 52.9 Å². The van der Waals surface area contributed by atoms with Gasteiger partial charge in [0.15, 0.2) is 11.5 Å². The number of piperazine rings is 1. The molecule has 2 atom stereocenters. The molecule has 0 N–H and O–H groups in total. The lowest BCUT2D eigenvalue weighted by Crippen LogP contribution is -2.54. The van der Waals surface area contributed by atoms with Crippen LogP contribution >= 0.6 is 0 Å². The first kappa shape index (κ1) is 23.4. The number of hydrogen-bond donors (Lipinski definition) is 0. The third-order valence-corrected chi connectivity index (χ3v) is 7.25. The molecule has 2 aromatic carbocycles. The maximum atomic E-state index is 12.9. The quantitative estimate of drug-likeness (QED) is 0.509. The zero-order chi connectivity index (χ0) is 23.5. The third-order valence-electron chi connectivity index (χ3n) is 6.09. The molecule has 0 spiro atoms. The number of aromatic nitrogens is 1. The zero-order valence-corrected chi connectivity index (χ0v) is 20.5. The first-order valence-corrected chi connectivity index (χ1v) is 12.8. The van der Waals surface area contributed by atoms with Crippen LogP contribution in [0.4, 0.5) is 5.69 Å². The van der Waals surface area contributed by atoms with E-state index in [0.29, 0.717) is 30.4 Å². The summed E-state index contributed by atoms with van der Waals surface area (Å²) in [7, 11) is 0. The van der Waals surface area contributed by atoms with Gasteiger partial charge in [-0.05, 0) is 68.7 Å². The van der Waals surface area contributed by atoms with Crippen molar-refractivity contribution >= 4 is 22.8 Å². The zero-order valence-electron chi connectivity index (χ0n) is 19.7.